The van der Waals surface area contributed by atoms with E-state index in [0.29, 0.717) is 13.1 Å². The van der Waals surface area contributed by atoms with Crippen molar-refractivity contribution in [2.45, 2.75) is 37.2 Å². The summed E-state index contributed by atoms with van der Waals surface area (Å²) >= 11 is 0. The minimum absolute atomic E-state index is 0.202. The van der Waals surface area contributed by atoms with Crippen LogP contribution in [-0.2, 0) is 4.79 Å². The molecule has 1 aliphatic rings. The molecule has 0 aliphatic heterocycles. The molecule has 5 heteroatoms. The molecule has 4 N–H and O–H groups in total. The largest absolute Gasteiger partial charge is 0.389 e. The van der Waals surface area contributed by atoms with Gasteiger partial charge in [-0.1, -0.05) is 43.2 Å². The van der Waals surface area contributed by atoms with Gasteiger partial charge >= 0.3 is 0 Å². The molecule has 2 rings (SSSR count). The lowest BCUT2D eigenvalue weighted by atomic mass is 9.96. The molecule has 0 spiro atoms. The second-order valence-electron chi connectivity index (χ2n) is 6.10. The van der Waals surface area contributed by atoms with E-state index in [1.165, 1.54) is 0 Å². The fourth-order valence-corrected chi connectivity index (χ4v) is 3.20. The quantitative estimate of drug-likeness (QED) is 0.415. The molecule has 116 valence electrons. The Labute approximate surface area is 126 Å². The van der Waals surface area contributed by atoms with Gasteiger partial charge < -0.3 is 10.0 Å². The molecule has 1 amide bonds. The van der Waals surface area contributed by atoms with Crippen LogP contribution in [0.15, 0.2) is 30.3 Å². The maximum Gasteiger partial charge on any atom is 0.242 e. The Morgan fingerprint density at radius 2 is 2.00 bits per heavy atom. The van der Waals surface area contributed by atoms with Crippen molar-refractivity contribution in [2.24, 2.45) is 5.84 Å². The minimum atomic E-state index is -0.602. The molecule has 0 saturated heterocycles. The van der Waals surface area contributed by atoms with Crippen molar-refractivity contribution in [3.8, 4) is 0 Å². The SMILES string of the molecule is CN(CC(C(=O)NN)c1ccccc1)CC1(O)CCCC1. The van der Waals surface area contributed by atoms with Gasteiger partial charge in [0.15, 0.2) is 0 Å². The summed E-state index contributed by atoms with van der Waals surface area (Å²) in [6.45, 7) is 1.13. The van der Waals surface area contributed by atoms with Crippen LogP contribution in [0, 0.1) is 0 Å². The van der Waals surface area contributed by atoms with E-state index in [1.54, 1.807) is 0 Å². The van der Waals surface area contributed by atoms with E-state index in [4.69, 9.17) is 5.84 Å². The van der Waals surface area contributed by atoms with Crippen molar-refractivity contribution in [3.63, 3.8) is 0 Å². The molecule has 0 aromatic heterocycles. The van der Waals surface area contributed by atoms with Crippen LogP contribution in [0.5, 0.6) is 0 Å². The van der Waals surface area contributed by atoms with Gasteiger partial charge in [-0.15, -0.1) is 0 Å². The summed E-state index contributed by atoms with van der Waals surface area (Å²) in [5.74, 6) is 4.78. The van der Waals surface area contributed by atoms with Gasteiger partial charge in [0.05, 0.1) is 11.5 Å². The lowest BCUT2D eigenvalue weighted by Gasteiger charge is -2.30. The van der Waals surface area contributed by atoms with Crippen LogP contribution < -0.4 is 11.3 Å². The predicted molar refractivity (Wildman–Crippen MR) is 82.4 cm³/mol. The number of carbonyl (C=O) groups excluding carboxylic acids is 1. The predicted octanol–water partition coefficient (Wildman–Crippen LogP) is 0.997. The van der Waals surface area contributed by atoms with Crippen molar-refractivity contribution < 1.29 is 9.90 Å². The molecule has 1 fully saturated rings. The molecular formula is C16H25N3O2. The molecule has 1 atom stereocenters. The van der Waals surface area contributed by atoms with E-state index < -0.39 is 5.60 Å². The first-order chi connectivity index (χ1) is 10.0. The zero-order valence-electron chi connectivity index (χ0n) is 12.6. The molecule has 1 aliphatic carbocycles. The number of amides is 1. The number of nitrogens with two attached hydrogens (primary N) is 1. The summed E-state index contributed by atoms with van der Waals surface area (Å²) in [5.41, 5.74) is 2.58. The number of hydrazine groups is 1. The molecule has 0 heterocycles. The highest BCUT2D eigenvalue weighted by Crippen LogP contribution is 2.30. The van der Waals surface area contributed by atoms with Crippen LogP contribution in [0.25, 0.3) is 0 Å². The minimum Gasteiger partial charge on any atom is -0.389 e. The monoisotopic (exact) mass is 291 g/mol. The smallest absolute Gasteiger partial charge is 0.242 e. The molecular weight excluding hydrogens is 266 g/mol. The number of benzene rings is 1. The summed E-state index contributed by atoms with van der Waals surface area (Å²) in [6, 6.07) is 9.61. The van der Waals surface area contributed by atoms with E-state index in [1.807, 2.05) is 42.3 Å². The topological polar surface area (TPSA) is 78.6 Å². The van der Waals surface area contributed by atoms with E-state index in [9.17, 15) is 9.90 Å². The number of hydrogen-bond donors (Lipinski definition) is 3. The molecule has 1 aromatic carbocycles. The van der Waals surface area contributed by atoms with Crippen molar-refractivity contribution in [3.05, 3.63) is 35.9 Å². The zero-order valence-corrected chi connectivity index (χ0v) is 12.6. The summed E-state index contributed by atoms with van der Waals surface area (Å²) in [4.78, 5) is 14.1. The lowest BCUT2D eigenvalue weighted by Crippen LogP contribution is -2.44. The first-order valence-corrected chi connectivity index (χ1v) is 7.50. The first kappa shape index (κ1) is 15.9. The van der Waals surface area contributed by atoms with E-state index in [2.05, 4.69) is 5.43 Å². The van der Waals surface area contributed by atoms with Crippen molar-refractivity contribution >= 4 is 5.91 Å². The third-order valence-electron chi connectivity index (χ3n) is 4.25. The number of hydrogen-bond acceptors (Lipinski definition) is 4. The molecule has 1 saturated carbocycles. The van der Waals surface area contributed by atoms with E-state index in [0.717, 1.165) is 31.2 Å². The number of rotatable bonds is 6. The zero-order chi connectivity index (χ0) is 15.3. The average Bonchev–Trinajstić information content (AvgIpc) is 2.91. The second-order valence-corrected chi connectivity index (χ2v) is 6.10. The molecule has 0 radical (unpaired) electrons. The molecule has 1 aromatic rings. The van der Waals surface area contributed by atoms with Crippen LogP contribution in [-0.4, -0.2) is 41.7 Å². The lowest BCUT2D eigenvalue weighted by molar-refractivity contribution is -0.123. The Balaban J connectivity index is 2.03. The van der Waals surface area contributed by atoms with E-state index >= 15 is 0 Å². The van der Waals surface area contributed by atoms with E-state index in [-0.39, 0.29) is 11.8 Å². The third kappa shape index (κ3) is 4.27. The summed E-state index contributed by atoms with van der Waals surface area (Å²) in [7, 11) is 1.94. The Kier molecular flexibility index (Phi) is 5.33. The molecule has 5 nitrogen and oxygen atoms in total. The van der Waals surface area contributed by atoms with Gasteiger partial charge in [-0.3, -0.25) is 10.2 Å². The van der Waals surface area contributed by atoms with Crippen LogP contribution in [0.4, 0.5) is 0 Å². The van der Waals surface area contributed by atoms with Gasteiger partial charge in [-0.05, 0) is 25.5 Å². The van der Waals surface area contributed by atoms with Gasteiger partial charge in [-0.2, -0.15) is 0 Å². The maximum absolute atomic E-state index is 12.0. The third-order valence-corrected chi connectivity index (χ3v) is 4.25. The average molecular weight is 291 g/mol. The fourth-order valence-electron chi connectivity index (χ4n) is 3.20. The summed E-state index contributed by atoms with van der Waals surface area (Å²) in [5, 5.41) is 10.5. The van der Waals surface area contributed by atoms with Gasteiger partial charge in [0, 0.05) is 13.1 Å². The molecule has 1 unspecified atom stereocenters. The standard InChI is InChI=1S/C16H25N3O2/c1-19(12-16(21)9-5-6-10-16)11-14(15(20)18-17)13-7-3-2-4-8-13/h2-4,7-8,14,21H,5-6,9-12,17H2,1H3,(H,18,20). The Morgan fingerprint density at radius 3 is 2.57 bits per heavy atom. The van der Waals surface area contributed by atoms with Crippen LogP contribution in [0.3, 0.4) is 0 Å². The maximum atomic E-state index is 12.0. The molecule has 0 bridgehead atoms. The summed E-state index contributed by atoms with van der Waals surface area (Å²) < 4.78 is 0. The highest BCUT2D eigenvalue weighted by Gasteiger charge is 2.33. The number of carbonyl (C=O) groups is 1. The summed E-state index contributed by atoms with van der Waals surface area (Å²) in [6.07, 6.45) is 3.85. The number of nitrogens with one attached hydrogen (secondary N) is 1. The number of aliphatic hydroxyl groups is 1. The number of likely N-dealkylation sites (N-methyl/N-ethyl adjacent to an activating group) is 1. The first-order valence-electron chi connectivity index (χ1n) is 7.50. The van der Waals surface area contributed by atoms with Crippen molar-refractivity contribution in [1.29, 1.82) is 0 Å². The van der Waals surface area contributed by atoms with Crippen LogP contribution in [0.2, 0.25) is 0 Å². The Hall–Kier alpha value is -1.43. The van der Waals surface area contributed by atoms with Gasteiger partial charge in [0.1, 0.15) is 0 Å². The second kappa shape index (κ2) is 7.02. The highest BCUT2D eigenvalue weighted by molar-refractivity contribution is 5.83. The fraction of sp³-hybridized carbons (Fsp3) is 0.562. The van der Waals surface area contributed by atoms with Crippen LogP contribution in [0.1, 0.15) is 37.2 Å². The normalized spacial score (nSPS) is 18.7. The number of nitrogens with zero attached hydrogens (tertiary/aromatic N) is 1. The van der Waals surface area contributed by atoms with Gasteiger partial charge in [-0.25, -0.2) is 5.84 Å². The highest BCUT2D eigenvalue weighted by atomic mass is 16.3. The molecule has 21 heavy (non-hydrogen) atoms. The Bertz CT molecular complexity index is 458. The Morgan fingerprint density at radius 1 is 1.38 bits per heavy atom. The van der Waals surface area contributed by atoms with Crippen LogP contribution >= 0.6 is 0 Å². The van der Waals surface area contributed by atoms with Crippen molar-refractivity contribution in [1.82, 2.24) is 10.3 Å². The van der Waals surface area contributed by atoms with Gasteiger partial charge in [0.25, 0.3) is 0 Å². The van der Waals surface area contributed by atoms with Gasteiger partial charge in [0.2, 0.25) is 5.91 Å². The van der Waals surface area contributed by atoms with Crippen molar-refractivity contribution in [2.75, 3.05) is 20.1 Å².